The third-order valence-electron chi connectivity index (χ3n) is 6.53. The van der Waals surface area contributed by atoms with E-state index in [0.29, 0.717) is 17.5 Å². The van der Waals surface area contributed by atoms with Crippen LogP contribution in [0.25, 0.3) is 0 Å². The molecule has 3 fully saturated rings. The zero-order chi connectivity index (χ0) is 17.7. The Bertz CT molecular complexity index is 787. The second kappa shape index (κ2) is 6.20. The highest BCUT2D eigenvalue weighted by molar-refractivity contribution is 7.09. The average molecular weight is 371 g/mol. The second-order valence-corrected chi connectivity index (χ2v) is 9.23. The van der Waals surface area contributed by atoms with E-state index in [9.17, 15) is 4.79 Å². The fourth-order valence-corrected chi connectivity index (χ4v) is 5.38. The van der Waals surface area contributed by atoms with Gasteiger partial charge in [0.2, 0.25) is 0 Å². The molecule has 2 saturated carbocycles. The summed E-state index contributed by atoms with van der Waals surface area (Å²) in [5.74, 6) is 0.227. The quantitative estimate of drug-likeness (QED) is 0.810. The van der Waals surface area contributed by atoms with Crippen molar-refractivity contribution in [1.29, 1.82) is 0 Å². The lowest BCUT2D eigenvalue weighted by atomic mass is 9.92. The Balaban J connectivity index is 1.19. The minimum absolute atomic E-state index is 0.227. The monoisotopic (exact) mass is 370 g/mol. The molecule has 3 aliphatic rings. The number of thiazole rings is 1. The molecule has 26 heavy (non-hydrogen) atoms. The first-order chi connectivity index (χ1) is 12.7. The minimum Gasteiger partial charge on any atom is -0.340 e. The molecule has 5 rings (SSSR count). The molecule has 2 aromatic rings. The molecule has 1 saturated heterocycles. The smallest absolute Gasteiger partial charge is 0.270 e. The fourth-order valence-electron chi connectivity index (χ4n) is 4.70. The maximum atomic E-state index is 13.0. The number of piperidine rings is 1. The number of carbonyl (C=O) groups excluding carboxylic acids is 1. The van der Waals surface area contributed by atoms with Crippen LogP contribution in [0.3, 0.4) is 0 Å². The van der Waals surface area contributed by atoms with Crippen molar-refractivity contribution in [3.8, 4) is 0 Å². The third kappa shape index (κ3) is 2.89. The second-order valence-electron chi connectivity index (χ2n) is 8.25. The predicted octanol–water partition coefficient (Wildman–Crippen LogP) is 3.41. The van der Waals surface area contributed by atoms with Crippen molar-refractivity contribution < 1.29 is 4.79 Å². The van der Waals surface area contributed by atoms with Crippen molar-refractivity contribution in [2.75, 3.05) is 20.1 Å². The van der Waals surface area contributed by atoms with Gasteiger partial charge in [-0.05, 0) is 56.7 Å². The molecular formula is C20H26N4OS. The Hall–Kier alpha value is -1.66. The Morgan fingerprint density at radius 3 is 2.88 bits per heavy atom. The first kappa shape index (κ1) is 16.5. The zero-order valence-electron chi connectivity index (χ0n) is 15.3. The van der Waals surface area contributed by atoms with Gasteiger partial charge in [0.1, 0.15) is 10.7 Å². The standard InChI is InChI=1S/C20H26N4OS/c1-22(14-18-21-8-12-26-18)17-13-20(17)6-10-23(11-7-20)19(25)16-3-2-9-24(16)15-4-5-15/h2-3,8-9,12,15,17H,4-7,10-11,13-14H2,1H3/t17-/m1/s1. The van der Waals surface area contributed by atoms with Crippen molar-refractivity contribution in [1.82, 2.24) is 19.4 Å². The zero-order valence-corrected chi connectivity index (χ0v) is 16.1. The number of rotatable bonds is 5. The van der Waals surface area contributed by atoms with Gasteiger partial charge in [0.15, 0.2) is 0 Å². The number of amides is 1. The fraction of sp³-hybridized carbons (Fsp3) is 0.600. The van der Waals surface area contributed by atoms with Crippen molar-refractivity contribution in [3.05, 3.63) is 40.6 Å². The van der Waals surface area contributed by atoms with Crippen LogP contribution in [0.4, 0.5) is 0 Å². The van der Waals surface area contributed by atoms with Gasteiger partial charge in [0.05, 0.1) is 6.54 Å². The van der Waals surface area contributed by atoms with Crippen LogP contribution in [0.1, 0.15) is 53.6 Å². The molecule has 0 aromatic carbocycles. The van der Waals surface area contributed by atoms with Crippen molar-refractivity contribution in [2.45, 2.75) is 50.7 Å². The third-order valence-corrected chi connectivity index (χ3v) is 7.30. The molecule has 1 spiro atoms. The Morgan fingerprint density at radius 2 is 2.19 bits per heavy atom. The van der Waals surface area contributed by atoms with Crippen LogP contribution >= 0.6 is 11.3 Å². The maximum Gasteiger partial charge on any atom is 0.270 e. The van der Waals surface area contributed by atoms with Crippen LogP contribution in [0.2, 0.25) is 0 Å². The molecule has 0 radical (unpaired) electrons. The first-order valence-corrected chi connectivity index (χ1v) is 10.6. The lowest BCUT2D eigenvalue weighted by Crippen LogP contribution is -2.41. The molecule has 3 heterocycles. The van der Waals surface area contributed by atoms with E-state index in [2.05, 4.69) is 32.6 Å². The number of likely N-dealkylation sites (tertiary alicyclic amines) is 1. The number of nitrogens with zero attached hydrogens (tertiary/aromatic N) is 4. The van der Waals surface area contributed by atoms with Crippen LogP contribution in [0, 0.1) is 5.41 Å². The van der Waals surface area contributed by atoms with E-state index in [1.165, 1.54) is 24.3 Å². The van der Waals surface area contributed by atoms with E-state index in [0.717, 1.165) is 38.2 Å². The summed E-state index contributed by atoms with van der Waals surface area (Å²) in [7, 11) is 2.22. The molecule has 2 aromatic heterocycles. The first-order valence-electron chi connectivity index (χ1n) is 9.71. The molecule has 2 aliphatic carbocycles. The summed E-state index contributed by atoms with van der Waals surface area (Å²) in [6, 6.07) is 5.22. The van der Waals surface area contributed by atoms with E-state index in [1.54, 1.807) is 11.3 Å². The SMILES string of the molecule is CN(Cc1nccs1)[C@@H]1CC12CCN(C(=O)c1cccn1C1CC1)CC2. The summed E-state index contributed by atoms with van der Waals surface area (Å²) in [5, 5.41) is 3.25. The molecule has 6 heteroatoms. The summed E-state index contributed by atoms with van der Waals surface area (Å²) in [6.45, 7) is 2.74. The van der Waals surface area contributed by atoms with Crippen LogP contribution < -0.4 is 0 Å². The highest BCUT2D eigenvalue weighted by atomic mass is 32.1. The van der Waals surface area contributed by atoms with E-state index in [4.69, 9.17) is 0 Å². The molecule has 138 valence electrons. The van der Waals surface area contributed by atoms with Gasteiger partial charge in [-0.15, -0.1) is 11.3 Å². The van der Waals surface area contributed by atoms with E-state index >= 15 is 0 Å². The largest absolute Gasteiger partial charge is 0.340 e. The van der Waals surface area contributed by atoms with Gasteiger partial charge >= 0.3 is 0 Å². The van der Waals surface area contributed by atoms with Crippen molar-refractivity contribution >= 4 is 17.2 Å². The van der Waals surface area contributed by atoms with Crippen LogP contribution in [0.5, 0.6) is 0 Å². The van der Waals surface area contributed by atoms with E-state index < -0.39 is 0 Å². The molecule has 0 N–H and O–H groups in total. The summed E-state index contributed by atoms with van der Waals surface area (Å²) in [6.07, 6.45) is 9.93. The van der Waals surface area contributed by atoms with Gasteiger partial charge in [-0.25, -0.2) is 4.98 Å². The highest BCUT2D eigenvalue weighted by Crippen LogP contribution is 2.56. The van der Waals surface area contributed by atoms with Crippen LogP contribution in [0.15, 0.2) is 29.9 Å². The average Bonchev–Trinajstić information content (AvgIpc) is 3.49. The van der Waals surface area contributed by atoms with Gasteiger partial charge in [-0.3, -0.25) is 9.69 Å². The Kier molecular flexibility index (Phi) is 3.94. The molecule has 5 nitrogen and oxygen atoms in total. The van der Waals surface area contributed by atoms with Gasteiger partial charge < -0.3 is 9.47 Å². The van der Waals surface area contributed by atoms with Crippen molar-refractivity contribution in [3.63, 3.8) is 0 Å². The lowest BCUT2D eigenvalue weighted by Gasteiger charge is -2.34. The molecule has 1 atom stereocenters. The normalized spacial score (nSPS) is 24.4. The molecule has 1 amide bonds. The molecular weight excluding hydrogens is 344 g/mol. The van der Waals surface area contributed by atoms with Crippen LogP contribution in [-0.2, 0) is 6.54 Å². The lowest BCUT2D eigenvalue weighted by molar-refractivity contribution is 0.0646. The Morgan fingerprint density at radius 1 is 1.38 bits per heavy atom. The number of hydrogen-bond acceptors (Lipinski definition) is 4. The summed E-state index contributed by atoms with van der Waals surface area (Å²) >= 11 is 1.73. The number of carbonyl (C=O) groups is 1. The Labute approximate surface area is 158 Å². The number of hydrogen-bond donors (Lipinski definition) is 0. The molecule has 1 aliphatic heterocycles. The van der Waals surface area contributed by atoms with Crippen LogP contribution in [-0.4, -0.2) is 51.4 Å². The predicted molar refractivity (Wildman–Crippen MR) is 102 cm³/mol. The topological polar surface area (TPSA) is 41.4 Å². The minimum atomic E-state index is 0.227. The highest BCUT2D eigenvalue weighted by Gasteiger charge is 2.57. The summed E-state index contributed by atoms with van der Waals surface area (Å²) in [4.78, 5) is 21.9. The van der Waals surface area contributed by atoms with Crippen molar-refractivity contribution in [2.24, 2.45) is 5.41 Å². The van der Waals surface area contributed by atoms with E-state index in [-0.39, 0.29) is 5.91 Å². The summed E-state index contributed by atoms with van der Waals surface area (Å²) < 4.78 is 2.19. The van der Waals surface area contributed by atoms with Gasteiger partial charge in [0.25, 0.3) is 5.91 Å². The van der Waals surface area contributed by atoms with Gasteiger partial charge in [0, 0.05) is 42.9 Å². The molecule has 0 unspecified atom stereocenters. The maximum absolute atomic E-state index is 13.0. The number of aromatic nitrogens is 2. The summed E-state index contributed by atoms with van der Waals surface area (Å²) in [5.41, 5.74) is 1.32. The molecule has 0 bridgehead atoms. The van der Waals surface area contributed by atoms with E-state index in [1.807, 2.05) is 23.7 Å². The van der Waals surface area contributed by atoms with Gasteiger partial charge in [-0.2, -0.15) is 0 Å². The van der Waals surface area contributed by atoms with Gasteiger partial charge in [-0.1, -0.05) is 0 Å².